The first-order valence-electron chi connectivity index (χ1n) is 1.85. The molecule has 0 spiro atoms. The summed E-state index contributed by atoms with van der Waals surface area (Å²) < 4.78 is 1.69. The second-order valence-electron chi connectivity index (χ2n) is 1.14. The number of hydrogen-bond acceptors (Lipinski definition) is 2. The van der Waals surface area contributed by atoms with Crippen molar-refractivity contribution in [2.45, 2.75) is 0 Å². The maximum atomic E-state index is 5.29. The molecular weight excluding hydrogens is 238 g/mol. The predicted octanol–water partition coefficient (Wildman–Crippen LogP) is 1.26. The van der Waals surface area contributed by atoms with Crippen molar-refractivity contribution < 1.29 is 0 Å². The van der Waals surface area contributed by atoms with Gasteiger partial charge in [-0.1, -0.05) is 34.2 Å². The fraction of sp³-hybridized carbons (Fsp3) is 0. The molecule has 46 valence electrons. The predicted molar refractivity (Wildman–Crippen MR) is 44.4 cm³/mol. The SMILES string of the molecule is N/C(Cl)=C\C(N)=C/I. The summed E-state index contributed by atoms with van der Waals surface area (Å²) in [7, 11) is 0. The first-order chi connectivity index (χ1) is 3.66. The first kappa shape index (κ1) is 8.10. The van der Waals surface area contributed by atoms with Crippen LogP contribution in [0.15, 0.2) is 21.0 Å². The molecule has 0 radical (unpaired) electrons. The lowest BCUT2D eigenvalue weighted by Crippen LogP contribution is -1.95. The van der Waals surface area contributed by atoms with Crippen molar-refractivity contribution in [3.63, 3.8) is 0 Å². The molecule has 4 N–H and O–H groups in total. The van der Waals surface area contributed by atoms with Crippen molar-refractivity contribution in [2.24, 2.45) is 11.5 Å². The Hall–Kier alpha value is 0.100. The van der Waals surface area contributed by atoms with Crippen LogP contribution in [-0.4, -0.2) is 0 Å². The average Bonchev–Trinajstić information content (AvgIpc) is 1.65. The van der Waals surface area contributed by atoms with Crippen LogP contribution in [0, 0.1) is 0 Å². The lowest BCUT2D eigenvalue weighted by Gasteiger charge is -1.87. The van der Waals surface area contributed by atoms with Gasteiger partial charge in [0.2, 0.25) is 0 Å². The van der Waals surface area contributed by atoms with Gasteiger partial charge in [0.25, 0.3) is 0 Å². The van der Waals surface area contributed by atoms with Crippen LogP contribution in [0.2, 0.25) is 0 Å². The molecule has 0 saturated heterocycles. The Morgan fingerprint density at radius 1 is 1.50 bits per heavy atom. The van der Waals surface area contributed by atoms with Crippen LogP contribution in [0.25, 0.3) is 0 Å². The van der Waals surface area contributed by atoms with Crippen molar-refractivity contribution in [3.05, 3.63) is 21.0 Å². The molecule has 0 unspecified atom stereocenters. The normalized spacial score (nSPS) is 14.2. The molecule has 0 aromatic carbocycles. The molecule has 2 nitrogen and oxygen atoms in total. The molecule has 0 amide bonds. The molecule has 8 heavy (non-hydrogen) atoms. The summed E-state index contributed by atoms with van der Waals surface area (Å²) in [5.41, 5.74) is 10.9. The van der Waals surface area contributed by atoms with Gasteiger partial charge in [0.1, 0.15) is 5.16 Å². The largest absolute Gasteiger partial charge is 0.398 e. The maximum Gasteiger partial charge on any atom is 0.101 e. The van der Waals surface area contributed by atoms with Crippen LogP contribution < -0.4 is 11.5 Å². The Morgan fingerprint density at radius 2 is 2.00 bits per heavy atom. The molecule has 0 aromatic heterocycles. The zero-order valence-corrected chi connectivity index (χ0v) is 6.98. The number of nitrogens with two attached hydrogens (primary N) is 2. The second kappa shape index (κ2) is 4.03. The van der Waals surface area contributed by atoms with Crippen LogP contribution in [0.3, 0.4) is 0 Å². The molecule has 0 aliphatic rings. The molecule has 0 heterocycles. The van der Waals surface area contributed by atoms with Crippen molar-refractivity contribution in [1.82, 2.24) is 0 Å². The summed E-state index contributed by atoms with van der Waals surface area (Å²) in [5, 5.41) is 0.204. The van der Waals surface area contributed by atoms with E-state index >= 15 is 0 Å². The Balaban J connectivity index is 3.89. The van der Waals surface area contributed by atoms with Gasteiger partial charge in [0, 0.05) is 5.70 Å². The number of halogens is 2. The maximum absolute atomic E-state index is 5.29. The highest BCUT2D eigenvalue weighted by Gasteiger charge is 1.81. The summed E-state index contributed by atoms with van der Waals surface area (Å²) in [6, 6.07) is 0. The van der Waals surface area contributed by atoms with Crippen LogP contribution in [-0.2, 0) is 0 Å². The smallest absolute Gasteiger partial charge is 0.101 e. The van der Waals surface area contributed by atoms with Gasteiger partial charge < -0.3 is 11.5 Å². The van der Waals surface area contributed by atoms with Crippen molar-refractivity contribution in [2.75, 3.05) is 0 Å². The van der Waals surface area contributed by atoms with E-state index in [1.807, 2.05) is 22.6 Å². The second-order valence-corrected chi connectivity index (χ2v) is 2.20. The third kappa shape index (κ3) is 4.26. The van der Waals surface area contributed by atoms with Gasteiger partial charge in [-0.15, -0.1) is 0 Å². The third-order valence-electron chi connectivity index (χ3n) is 0.431. The fourth-order valence-electron chi connectivity index (χ4n) is 0.191. The zero-order valence-electron chi connectivity index (χ0n) is 4.07. The average molecular weight is 244 g/mol. The van der Waals surface area contributed by atoms with E-state index in [4.69, 9.17) is 23.1 Å². The topological polar surface area (TPSA) is 52.0 Å². The molecule has 0 rings (SSSR count). The van der Waals surface area contributed by atoms with Gasteiger partial charge in [-0.25, -0.2) is 0 Å². The van der Waals surface area contributed by atoms with E-state index in [2.05, 4.69) is 0 Å². The Labute approximate surface area is 66.7 Å². The molecule has 0 aromatic rings. The van der Waals surface area contributed by atoms with Crippen molar-refractivity contribution in [1.29, 1.82) is 0 Å². The van der Waals surface area contributed by atoms with E-state index in [1.165, 1.54) is 6.08 Å². The summed E-state index contributed by atoms with van der Waals surface area (Å²) in [5.74, 6) is 0. The van der Waals surface area contributed by atoms with Gasteiger partial charge in [-0.05, 0) is 10.2 Å². The number of hydrogen-bond donors (Lipinski definition) is 2. The Bertz CT molecular complexity index is 126. The quantitative estimate of drug-likeness (QED) is 0.414. The molecule has 0 bridgehead atoms. The third-order valence-corrected chi connectivity index (χ3v) is 1.26. The highest BCUT2D eigenvalue weighted by molar-refractivity contribution is 14.1. The van der Waals surface area contributed by atoms with Gasteiger partial charge in [0.15, 0.2) is 0 Å². The molecule has 0 aliphatic carbocycles. The molecular formula is C4H6ClIN2. The van der Waals surface area contributed by atoms with Crippen LogP contribution in [0.4, 0.5) is 0 Å². The summed E-state index contributed by atoms with van der Waals surface area (Å²) in [6.07, 6.45) is 1.48. The molecule has 0 fully saturated rings. The Kier molecular flexibility index (Phi) is 4.08. The first-order valence-corrected chi connectivity index (χ1v) is 3.47. The van der Waals surface area contributed by atoms with Crippen LogP contribution in [0.5, 0.6) is 0 Å². The highest BCUT2D eigenvalue weighted by Crippen LogP contribution is 1.97. The van der Waals surface area contributed by atoms with E-state index in [-0.39, 0.29) is 5.16 Å². The number of allylic oxidation sites excluding steroid dienone is 1. The van der Waals surface area contributed by atoms with Gasteiger partial charge in [0.05, 0.1) is 0 Å². The fourth-order valence-corrected chi connectivity index (χ4v) is 0.496. The van der Waals surface area contributed by atoms with Crippen molar-refractivity contribution >= 4 is 34.2 Å². The van der Waals surface area contributed by atoms with Gasteiger partial charge in [-0.3, -0.25) is 0 Å². The summed E-state index contributed by atoms with van der Waals surface area (Å²) in [6.45, 7) is 0. The Morgan fingerprint density at radius 3 is 2.12 bits per heavy atom. The molecule has 4 heteroatoms. The molecule has 0 atom stereocenters. The van der Waals surface area contributed by atoms with E-state index < -0.39 is 0 Å². The van der Waals surface area contributed by atoms with Crippen molar-refractivity contribution in [3.8, 4) is 0 Å². The molecule has 0 saturated carbocycles. The lowest BCUT2D eigenvalue weighted by molar-refractivity contribution is 1.40. The molecule has 0 aliphatic heterocycles. The minimum absolute atomic E-state index is 0.204. The minimum atomic E-state index is 0.204. The van der Waals surface area contributed by atoms with E-state index in [0.717, 1.165) is 0 Å². The van der Waals surface area contributed by atoms with Gasteiger partial charge >= 0.3 is 0 Å². The van der Waals surface area contributed by atoms with Crippen LogP contribution >= 0.6 is 34.2 Å². The zero-order chi connectivity index (χ0) is 6.57. The highest BCUT2D eigenvalue weighted by atomic mass is 127. The summed E-state index contributed by atoms with van der Waals surface area (Å²) in [4.78, 5) is 0. The van der Waals surface area contributed by atoms with Gasteiger partial charge in [-0.2, -0.15) is 0 Å². The minimum Gasteiger partial charge on any atom is -0.398 e. The number of rotatable bonds is 1. The van der Waals surface area contributed by atoms with E-state index in [1.54, 1.807) is 4.08 Å². The monoisotopic (exact) mass is 244 g/mol. The van der Waals surface area contributed by atoms with E-state index in [9.17, 15) is 0 Å². The summed E-state index contributed by atoms with van der Waals surface area (Å²) >= 11 is 7.27. The standard InChI is InChI=1S/C4H6ClIN2/c5-4(8)1-3(7)2-6/h1-2H,7-8H2/b3-2+,4-1-. The van der Waals surface area contributed by atoms with E-state index in [0.29, 0.717) is 5.70 Å². The van der Waals surface area contributed by atoms with Crippen LogP contribution in [0.1, 0.15) is 0 Å². The lowest BCUT2D eigenvalue weighted by atomic mass is 10.5.